The Labute approximate surface area is 148 Å². The van der Waals surface area contributed by atoms with E-state index in [0.29, 0.717) is 25.0 Å². The molecule has 0 aromatic carbocycles. The lowest BCUT2D eigenvalue weighted by Gasteiger charge is -2.60. The number of carbonyl (C=O) groups is 2. The van der Waals surface area contributed by atoms with Gasteiger partial charge in [-0.05, 0) is 49.9 Å². The molecule has 3 heterocycles. The zero-order valence-corrected chi connectivity index (χ0v) is 15.0. The maximum Gasteiger partial charge on any atom is 0.309 e. The Bertz CT molecular complexity index is 597. The fourth-order valence-electron chi connectivity index (χ4n) is 7.08. The fraction of sp³-hybridized carbons (Fsp3) is 0.900. The highest BCUT2D eigenvalue weighted by Gasteiger charge is 2.67. The van der Waals surface area contributed by atoms with Crippen LogP contribution >= 0.6 is 0 Å². The van der Waals surface area contributed by atoms with Gasteiger partial charge in [-0.1, -0.05) is 13.3 Å². The van der Waals surface area contributed by atoms with E-state index in [9.17, 15) is 9.59 Å². The number of rotatable bonds is 1. The maximum absolute atomic E-state index is 12.9. The van der Waals surface area contributed by atoms with Crippen LogP contribution in [0.15, 0.2) is 0 Å². The molecule has 0 bridgehead atoms. The first-order valence-corrected chi connectivity index (χ1v) is 9.99. The van der Waals surface area contributed by atoms with Gasteiger partial charge in [0.25, 0.3) is 0 Å². The van der Waals surface area contributed by atoms with Gasteiger partial charge in [-0.3, -0.25) is 9.59 Å². The van der Waals surface area contributed by atoms with Crippen LogP contribution in [0.5, 0.6) is 0 Å². The summed E-state index contributed by atoms with van der Waals surface area (Å²) in [6.07, 6.45) is 6.80. The summed E-state index contributed by atoms with van der Waals surface area (Å²) in [4.78, 5) is 25.2. The molecule has 5 heteroatoms. The van der Waals surface area contributed by atoms with Gasteiger partial charge in [0.1, 0.15) is 6.10 Å². The molecule has 5 aliphatic rings. The number of hydrogen-bond donors (Lipinski definition) is 0. The molecule has 5 fully saturated rings. The van der Waals surface area contributed by atoms with Crippen LogP contribution in [0.3, 0.4) is 0 Å². The summed E-state index contributed by atoms with van der Waals surface area (Å²) >= 11 is 0. The van der Waals surface area contributed by atoms with Crippen LogP contribution in [0.4, 0.5) is 0 Å². The Morgan fingerprint density at radius 1 is 1.04 bits per heavy atom. The van der Waals surface area contributed by atoms with Gasteiger partial charge < -0.3 is 14.2 Å². The minimum Gasteiger partial charge on any atom is -0.465 e. The molecule has 3 saturated heterocycles. The zero-order chi connectivity index (χ0) is 17.2. The Hall–Kier alpha value is -1.10. The minimum absolute atomic E-state index is 0.00544. The maximum atomic E-state index is 12.9. The first kappa shape index (κ1) is 16.1. The highest BCUT2D eigenvalue weighted by molar-refractivity contribution is 5.77. The monoisotopic (exact) mass is 348 g/mol. The van der Waals surface area contributed by atoms with Gasteiger partial charge in [0, 0.05) is 17.9 Å². The largest absolute Gasteiger partial charge is 0.465 e. The minimum atomic E-state index is -0.0759. The van der Waals surface area contributed by atoms with E-state index in [2.05, 4.69) is 6.92 Å². The molecular formula is C20H28O5. The quantitative estimate of drug-likeness (QED) is 0.682. The third kappa shape index (κ3) is 2.11. The van der Waals surface area contributed by atoms with Crippen molar-refractivity contribution >= 4 is 11.9 Å². The molecule has 25 heavy (non-hydrogen) atoms. The van der Waals surface area contributed by atoms with Crippen molar-refractivity contribution in [1.29, 1.82) is 0 Å². The molecule has 0 amide bonds. The number of esters is 2. The molecule has 3 aliphatic heterocycles. The molecule has 2 saturated carbocycles. The van der Waals surface area contributed by atoms with Gasteiger partial charge in [0.15, 0.2) is 0 Å². The van der Waals surface area contributed by atoms with Crippen LogP contribution in [-0.2, 0) is 23.8 Å². The van der Waals surface area contributed by atoms with Gasteiger partial charge in [-0.25, -0.2) is 0 Å². The highest BCUT2D eigenvalue weighted by Crippen LogP contribution is 2.66. The molecule has 7 atom stereocenters. The second kappa shape index (κ2) is 5.45. The van der Waals surface area contributed by atoms with Crippen molar-refractivity contribution in [3.8, 4) is 0 Å². The molecule has 0 aromatic heterocycles. The van der Waals surface area contributed by atoms with Crippen molar-refractivity contribution in [2.75, 3.05) is 19.8 Å². The molecule has 0 radical (unpaired) electrons. The van der Waals surface area contributed by atoms with Crippen molar-refractivity contribution in [3.05, 3.63) is 0 Å². The number of cyclic esters (lactones) is 2. The van der Waals surface area contributed by atoms with E-state index >= 15 is 0 Å². The lowest BCUT2D eigenvalue weighted by Crippen LogP contribution is -2.60. The van der Waals surface area contributed by atoms with Gasteiger partial charge >= 0.3 is 11.9 Å². The molecule has 0 unspecified atom stereocenters. The van der Waals surface area contributed by atoms with E-state index in [-0.39, 0.29) is 40.7 Å². The smallest absolute Gasteiger partial charge is 0.309 e. The van der Waals surface area contributed by atoms with Crippen molar-refractivity contribution < 1.29 is 23.8 Å². The molecule has 0 aromatic rings. The van der Waals surface area contributed by atoms with E-state index < -0.39 is 0 Å². The van der Waals surface area contributed by atoms with Gasteiger partial charge in [-0.2, -0.15) is 0 Å². The second-order valence-electron chi connectivity index (χ2n) is 9.28. The van der Waals surface area contributed by atoms with Crippen molar-refractivity contribution in [2.24, 2.45) is 34.5 Å². The summed E-state index contributed by atoms with van der Waals surface area (Å²) in [5.41, 5.74) is -0.109. The average Bonchev–Trinajstić information content (AvgIpc) is 3.23. The molecule has 0 N–H and O–H groups in total. The second-order valence-corrected chi connectivity index (χ2v) is 9.28. The van der Waals surface area contributed by atoms with Crippen molar-refractivity contribution in [1.82, 2.24) is 0 Å². The van der Waals surface area contributed by atoms with Crippen LogP contribution in [0.2, 0.25) is 0 Å². The summed E-state index contributed by atoms with van der Waals surface area (Å²) in [6.45, 7) is 4.35. The van der Waals surface area contributed by atoms with Crippen LogP contribution < -0.4 is 0 Å². The van der Waals surface area contributed by atoms with Crippen LogP contribution in [-0.4, -0.2) is 37.9 Å². The van der Waals surface area contributed by atoms with E-state index in [1.165, 1.54) is 0 Å². The summed E-state index contributed by atoms with van der Waals surface area (Å²) < 4.78 is 17.0. The molecular weight excluding hydrogens is 320 g/mol. The number of hydrogen-bond acceptors (Lipinski definition) is 5. The summed E-state index contributed by atoms with van der Waals surface area (Å²) in [5, 5.41) is 0. The van der Waals surface area contributed by atoms with Crippen LogP contribution in [0, 0.1) is 34.5 Å². The Balaban J connectivity index is 1.50. The number of ether oxygens (including phenoxy) is 3. The average molecular weight is 348 g/mol. The standard InChI is InChI=1S/C20H28O5/c1-19-9-15(12-6-8-23-10-12)25-18(22)13(19)5-7-20-11-24-17(21)14(20)3-2-4-16(19)20/h12-16H,2-11H2,1H3/t12-,13+,14+,15-,16-,19+,20-/m1/s1. The third-order valence-electron chi connectivity index (χ3n) is 8.32. The van der Waals surface area contributed by atoms with Crippen LogP contribution in [0.25, 0.3) is 0 Å². The normalized spacial score (nSPS) is 52.0. The number of fused-ring (bicyclic) bond motifs is 2. The predicted molar refractivity (Wildman–Crippen MR) is 88.5 cm³/mol. The molecule has 2 aliphatic carbocycles. The highest BCUT2D eigenvalue weighted by atomic mass is 16.6. The summed E-state index contributed by atoms with van der Waals surface area (Å²) in [7, 11) is 0. The first-order chi connectivity index (χ1) is 12.0. The Kier molecular flexibility index (Phi) is 3.51. The lowest BCUT2D eigenvalue weighted by atomic mass is 9.44. The topological polar surface area (TPSA) is 61.8 Å². The van der Waals surface area contributed by atoms with Gasteiger partial charge in [0.2, 0.25) is 0 Å². The van der Waals surface area contributed by atoms with Crippen molar-refractivity contribution in [2.45, 2.75) is 58.0 Å². The zero-order valence-electron chi connectivity index (χ0n) is 15.0. The molecule has 5 rings (SSSR count). The van der Waals surface area contributed by atoms with E-state index in [1.54, 1.807) is 0 Å². The number of carbonyl (C=O) groups excluding carboxylic acids is 2. The van der Waals surface area contributed by atoms with Crippen molar-refractivity contribution in [3.63, 3.8) is 0 Å². The lowest BCUT2D eigenvalue weighted by molar-refractivity contribution is -0.203. The fourth-order valence-corrected chi connectivity index (χ4v) is 7.08. The molecule has 5 nitrogen and oxygen atoms in total. The van der Waals surface area contributed by atoms with E-state index in [4.69, 9.17) is 14.2 Å². The van der Waals surface area contributed by atoms with E-state index in [1.807, 2.05) is 0 Å². The molecule has 1 spiro atoms. The first-order valence-electron chi connectivity index (χ1n) is 9.99. The predicted octanol–water partition coefficient (Wildman–Crippen LogP) is 2.71. The third-order valence-corrected chi connectivity index (χ3v) is 8.32. The van der Waals surface area contributed by atoms with Gasteiger partial charge in [0.05, 0.1) is 25.0 Å². The van der Waals surface area contributed by atoms with Crippen LogP contribution in [0.1, 0.15) is 51.9 Å². The Morgan fingerprint density at radius 2 is 1.92 bits per heavy atom. The van der Waals surface area contributed by atoms with Gasteiger partial charge in [-0.15, -0.1) is 0 Å². The summed E-state index contributed by atoms with van der Waals surface area (Å²) in [5.74, 6) is 0.757. The summed E-state index contributed by atoms with van der Waals surface area (Å²) in [6, 6.07) is 0. The van der Waals surface area contributed by atoms with E-state index in [0.717, 1.165) is 51.6 Å². The SMILES string of the molecule is C[C@]12C[C@H]([C@@H]3CCOC3)OC(=O)[C@@H]1CC[C@@]13COC(=O)[C@@H]1CCC[C@H]23. The molecule has 138 valence electrons. The Morgan fingerprint density at radius 3 is 2.72 bits per heavy atom.